The molecule has 0 spiro atoms. The molecule has 2 N–H and O–H groups in total. The molecule has 1 aliphatic heterocycles. The van der Waals surface area contributed by atoms with Crippen molar-refractivity contribution in [2.45, 2.75) is 57.0 Å². The predicted octanol–water partition coefficient (Wildman–Crippen LogP) is 2.43. The van der Waals surface area contributed by atoms with Gasteiger partial charge in [0.15, 0.2) is 5.96 Å². The Balaban J connectivity index is 0.00000256. The lowest BCUT2D eigenvalue weighted by molar-refractivity contribution is 0.509. The number of rotatable bonds is 7. The van der Waals surface area contributed by atoms with E-state index in [-0.39, 0.29) is 40.9 Å². The number of aliphatic imine (C=N–C) groups is 1. The highest BCUT2D eigenvalue weighted by Crippen LogP contribution is 2.48. The quantitative estimate of drug-likeness (QED) is 0.251. The lowest BCUT2D eigenvalue weighted by Gasteiger charge is -2.19. The first-order valence-corrected chi connectivity index (χ1v) is 10.5. The molecule has 0 radical (unpaired) electrons. The Hall–Kier alpha value is -1.91. The van der Waals surface area contributed by atoms with Crippen molar-refractivity contribution < 1.29 is 4.39 Å². The van der Waals surface area contributed by atoms with Crippen molar-refractivity contribution in [2.24, 2.45) is 4.99 Å². The van der Waals surface area contributed by atoms with Crippen molar-refractivity contribution in [1.29, 1.82) is 0 Å². The van der Waals surface area contributed by atoms with Crippen LogP contribution in [-0.4, -0.2) is 40.4 Å². The van der Waals surface area contributed by atoms with E-state index in [0.29, 0.717) is 25.6 Å². The summed E-state index contributed by atoms with van der Waals surface area (Å²) in [5.74, 6) is 1.47. The van der Waals surface area contributed by atoms with Crippen LogP contribution in [0.5, 0.6) is 0 Å². The summed E-state index contributed by atoms with van der Waals surface area (Å²) < 4.78 is 17.5. The van der Waals surface area contributed by atoms with E-state index in [1.807, 2.05) is 12.1 Å². The van der Waals surface area contributed by atoms with E-state index in [4.69, 9.17) is 0 Å². The highest BCUT2D eigenvalue weighted by Gasteiger charge is 2.45. The number of hydrogen-bond donors (Lipinski definition) is 2. The van der Waals surface area contributed by atoms with E-state index >= 15 is 0 Å². The molecule has 1 saturated carbocycles. The maximum absolute atomic E-state index is 14.2. The van der Waals surface area contributed by atoms with Gasteiger partial charge < -0.3 is 10.6 Å². The fourth-order valence-corrected chi connectivity index (χ4v) is 4.09. The summed E-state index contributed by atoms with van der Waals surface area (Å²) in [6.45, 7) is 2.70. The van der Waals surface area contributed by atoms with Crippen molar-refractivity contribution in [3.63, 3.8) is 0 Å². The van der Waals surface area contributed by atoms with Crippen molar-refractivity contribution in [3.05, 3.63) is 52.0 Å². The van der Waals surface area contributed by atoms with Crippen LogP contribution < -0.4 is 16.3 Å². The number of aromatic nitrogens is 3. The molecule has 1 aromatic carbocycles. The van der Waals surface area contributed by atoms with Crippen molar-refractivity contribution in [2.75, 3.05) is 20.1 Å². The monoisotopic (exact) mass is 528 g/mol. The number of aryl methyl sites for hydroxylation is 2. The summed E-state index contributed by atoms with van der Waals surface area (Å²) >= 11 is 0. The lowest BCUT2D eigenvalue weighted by Crippen LogP contribution is -2.42. The molecule has 7 nitrogen and oxygen atoms in total. The highest BCUT2D eigenvalue weighted by atomic mass is 127. The fraction of sp³-hybridized carbons (Fsp3) is 0.571. The molecule has 1 aromatic heterocycles. The molecule has 0 amide bonds. The van der Waals surface area contributed by atoms with Crippen LogP contribution in [0.3, 0.4) is 0 Å². The van der Waals surface area contributed by atoms with Gasteiger partial charge in [-0.05, 0) is 43.7 Å². The molecule has 0 atom stereocenters. The molecule has 0 unspecified atom stereocenters. The molecule has 2 aromatic rings. The molecule has 0 bridgehead atoms. The Morgan fingerprint density at radius 3 is 2.77 bits per heavy atom. The minimum atomic E-state index is -0.136. The van der Waals surface area contributed by atoms with Gasteiger partial charge in [0, 0.05) is 45.1 Å². The number of benzene rings is 1. The van der Waals surface area contributed by atoms with E-state index in [1.54, 1.807) is 22.4 Å². The van der Waals surface area contributed by atoms with Crippen LogP contribution in [0.15, 0.2) is 34.1 Å². The third-order valence-electron chi connectivity index (χ3n) is 5.99. The first kappa shape index (κ1) is 22.8. The zero-order valence-electron chi connectivity index (χ0n) is 17.4. The summed E-state index contributed by atoms with van der Waals surface area (Å²) in [6.07, 6.45) is 5.78. The SMILES string of the molecule is CN=C(NCCCn1nc2n(c1=O)CCCC2)NCC1(c2ccccc2F)CC1.I. The summed E-state index contributed by atoms with van der Waals surface area (Å²) in [4.78, 5) is 16.6. The molecule has 2 heterocycles. The van der Waals surface area contributed by atoms with Crippen molar-refractivity contribution >= 4 is 29.9 Å². The number of halogens is 2. The predicted molar refractivity (Wildman–Crippen MR) is 126 cm³/mol. The van der Waals surface area contributed by atoms with E-state index in [1.165, 1.54) is 6.07 Å². The van der Waals surface area contributed by atoms with Gasteiger partial charge in [-0.15, -0.1) is 24.0 Å². The third kappa shape index (κ3) is 4.87. The zero-order valence-corrected chi connectivity index (χ0v) is 19.7. The van der Waals surface area contributed by atoms with Gasteiger partial charge in [-0.25, -0.2) is 13.9 Å². The Morgan fingerprint density at radius 1 is 1.27 bits per heavy atom. The maximum Gasteiger partial charge on any atom is 0.345 e. The number of guanidine groups is 1. The average Bonchev–Trinajstić information content (AvgIpc) is 3.46. The fourth-order valence-electron chi connectivity index (χ4n) is 4.09. The Morgan fingerprint density at radius 2 is 2.07 bits per heavy atom. The second-order valence-electron chi connectivity index (χ2n) is 8.00. The smallest absolute Gasteiger partial charge is 0.345 e. The number of nitrogens with zero attached hydrogens (tertiary/aromatic N) is 4. The number of hydrogen-bond acceptors (Lipinski definition) is 3. The maximum atomic E-state index is 14.2. The van der Waals surface area contributed by atoms with Gasteiger partial charge in [0.2, 0.25) is 0 Å². The molecule has 30 heavy (non-hydrogen) atoms. The molecule has 4 rings (SSSR count). The highest BCUT2D eigenvalue weighted by molar-refractivity contribution is 14.0. The van der Waals surface area contributed by atoms with Gasteiger partial charge in [0.05, 0.1) is 0 Å². The second kappa shape index (κ2) is 9.93. The van der Waals surface area contributed by atoms with Gasteiger partial charge in [-0.1, -0.05) is 18.2 Å². The largest absolute Gasteiger partial charge is 0.356 e. The summed E-state index contributed by atoms with van der Waals surface area (Å²) in [5, 5.41) is 11.1. The zero-order chi connectivity index (χ0) is 20.3. The van der Waals surface area contributed by atoms with Gasteiger partial charge in [0.1, 0.15) is 11.6 Å². The molecule has 164 valence electrons. The normalized spacial score (nSPS) is 17.1. The standard InChI is InChI=1S/C21H29FN6O.HI/c1-23-19(25-15-21(10-11-21)16-7-2-3-8-17(16)22)24-12-6-14-28-20(29)27-13-5-4-9-18(27)26-28;/h2-3,7-8H,4-6,9-15H2,1H3,(H2,23,24,25);1H. The number of fused-ring (bicyclic) bond motifs is 1. The van der Waals surface area contributed by atoms with Crippen molar-refractivity contribution in [3.8, 4) is 0 Å². The molecule has 2 aliphatic rings. The average molecular weight is 528 g/mol. The van der Waals surface area contributed by atoms with Crippen LogP contribution in [0.25, 0.3) is 0 Å². The van der Waals surface area contributed by atoms with Gasteiger partial charge >= 0.3 is 5.69 Å². The molecular formula is C21H30FIN6O. The molecule has 1 fully saturated rings. The summed E-state index contributed by atoms with van der Waals surface area (Å²) in [5.41, 5.74) is 0.653. The van der Waals surface area contributed by atoms with Crippen LogP contribution in [0.4, 0.5) is 4.39 Å². The minimum Gasteiger partial charge on any atom is -0.356 e. The first-order chi connectivity index (χ1) is 14.1. The van der Waals surface area contributed by atoms with Crippen molar-refractivity contribution in [1.82, 2.24) is 25.0 Å². The van der Waals surface area contributed by atoms with Gasteiger partial charge in [-0.3, -0.25) is 9.56 Å². The van der Waals surface area contributed by atoms with Crippen LogP contribution in [0, 0.1) is 5.82 Å². The number of nitrogens with one attached hydrogen (secondary N) is 2. The van der Waals surface area contributed by atoms with Crippen LogP contribution in [0.2, 0.25) is 0 Å². The van der Waals surface area contributed by atoms with Crippen LogP contribution in [0.1, 0.15) is 43.5 Å². The molecule has 0 saturated heterocycles. The van der Waals surface area contributed by atoms with Gasteiger partial charge in [0.25, 0.3) is 0 Å². The minimum absolute atomic E-state index is 0. The Bertz CT molecular complexity index is 949. The molecule has 9 heteroatoms. The van der Waals surface area contributed by atoms with Crippen LogP contribution in [-0.2, 0) is 24.9 Å². The Labute approximate surface area is 193 Å². The van der Waals surface area contributed by atoms with Gasteiger partial charge in [-0.2, -0.15) is 5.10 Å². The van der Waals surface area contributed by atoms with Crippen LogP contribution >= 0.6 is 24.0 Å². The van der Waals surface area contributed by atoms with E-state index < -0.39 is 0 Å². The second-order valence-corrected chi connectivity index (χ2v) is 8.00. The topological polar surface area (TPSA) is 76.2 Å². The lowest BCUT2D eigenvalue weighted by atomic mass is 9.95. The Kier molecular flexibility index (Phi) is 7.54. The molecular weight excluding hydrogens is 498 g/mol. The first-order valence-electron chi connectivity index (χ1n) is 10.5. The van der Waals surface area contributed by atoms with E-state index in [2.05, 4.69) is 20.7 Å². The third-order valence-corrected chi connectivity index (χ3v) is 5.99. The summed E-state index contributed by atoms with van der Waals surface area (Å²) in [6, 6.07) is 7.02. The van der Waals surface area contributed by atoms with E-state index in [9.17, 15) is 9.18 Å². The van der Waals surface area contributed by atoms with E-state index in [0.717, 1.165) is 56.5 Å². The molecule has 1 aliphatic carbocycles. The summed E-state index contributed by atoms with van der Waals surface area (Å²) in [7, 11) is 1.73.